The summed E-state index contributed by atoms with van der Waals surface area (Å²) in [5, 5.41) is 0. The Kier molecular flexibility index (Phi) is 3.47. The third-order valence-electron chi connectivity index (χ3n) is 3.27. The summed E-state index contributed by atoms with van der Waals surface area (Å²) in [5.41, 5.74) is 7.17. The highest BCUT2D eigenvalue weighted by Crippen LogP contribution is 2.34. The van der Waals surface area contributed by atoms with Gasteiger partial charge in [0.15, 0.2) is 0 Å². The minimum absolute atomic E-state index is 0.0213. The number of rotatable bonds is 2. The molecule has 1 heterocycles. The Hall–Kier alpha value is -2.20. The Morgan fingerprint density at radius 1 is 0.857 bits per heavy atom. The molecule has 4 heteroatoms. The van der Waals surface area contributed by atoms with Crippen LogP contribution in [0.1, 0.15) is 4.88 Å². The Balaban J connectivity index is 2.10. The maximum absolute atomic E-state index is 14.3. The first-order valence-electron chi connectivity index (χ1n) is 6.46. The van der Waals surface area contributed by atoms with E-state index >= 15 is 0 Å². The lowest BCUT2D eigenvalue weighted by Gasteiger charge is -2.08. The van der Waals surface area contributed by atoms with Crippen molar-refractivity contribution < 1.29 is 8.78 Å². The molecule has 0 saturated heterocycles. The molecule has 0 bridgehead atoms. The molecule has 0 spiro atoms. The van der Waals surface area contributed by atoms with E-state index in [2.05, 4.69) is 0 Å². The molecule has 0 fully saturated rings. The first-order valence-corrected chi connectivity index (χ1v) is 7.28. The third-order valence-corrected chi connectivity index (χ3v) is 4.32. The summed E-state index contributed by atoms with van der Waals surface area (Å²) >= 11 is 1.51. The van der Waals surface area contributed by atoms with Crippen LogP contribution in [0.3, 0.4) is 0 Å². The van der Waals surface area contributed by atoms with Crippen molar-refractivity contribution >= 4 is 17.0 Å². The van der Waals surface area contributed by atoms with Crippen LogP contribution >= 0.6 is 11.3 Å². The molecule has 0 saturated carbocycles. The van der Waals surface area contributed by atoms with Crippen LogP contribution in [-0.2, 0) is 0 Å². The fraction of sp³-hybridized carbons (Fsp3) is 0.0588. The number of anilines is 1. The van der Waals surface area contributed by atoms with E-state index in [1.807, 2.05) is 19.1 Å². The number of halogens is 2. The van der Waals surface area contributed by atoms with Gasteiger partial charge in [-0.2, -0.15) is 0 Å². The first kappa shape index (κ1) is 13.8. The van der Waals surface area contributed by atoms with Crippen molar-refractivity contribution in [3.8, 4) is 21.6 Å². The van der Waals surface area contributed by atoms with Gasteiger partial charge < -0.3 is 5.73 Å². The lowest BCUT2D eigenvalue weighted by atomic mass is 10.0. The Labute approximate surface area is 125 Å². The standard InChI is InChI=1S/C17H13F2NS/c1-10-2-7-16(21-10)12-8-14(18)17(15(19)9-12)11-3-5-13(20)6-4-11/h2-9H,20H2,1H3. The van der Waals surface area contributed by atoms with Gasteiger partial charge in [0.2, 0.25) is 0 Å². The maximum Gasteiger partial charge on any atom is 0.134 e. The monoisotopic (exact) mass is 301 g/mol. The van der Waals surface area contributed by atoms with Crippen molar-refractivity contribution in [1.29, 1.82) is 0 Å². The van der Waals surface area contributed by atoms with Crippen molar-refractivity contribution in [3.05, 3.63) is 65.0 Å². The normalized spacial score (nSPS) is 10.8. The molecule has 21 heavy (non-hydrogen) atoms. The lowest BCUT2D eigenvalue weighted by Crippen LogP contribution is -1.92. The Morgan fingerprint density at radius 2 is 1.48 bits per heavy atom. The van der Waals surface area contributed by atoms with Crippen LogP contribution in [0.4, 0.5) is 14.5 Å². The summed E-state index contributed by atoms with van der Waals surface area (Å²) in [6.07, 6.45) is 0. The van der Waals surface area contributed by atoms with Gasteiger partial charge in [-0.3, -0.25) is 0 Å². The highest BCUT2D eigenvalue weighted by atomic mass is 32.1. The van der Waals surface area contributed by atoms with Crippen molar-refractivity contribution in [1.82, 2.24) is 0 Å². The Bertz CT molecular complexity index is 768. The number of hydrogen-bond donors (Lipinski definition) is 1. The number of thiophene rings is 1. The molecule has 3 rings (SSSR count). The number of nitrogens with two attached hydrogens (primary N) is 1. The molecule has 1 aromatic heterocycles. The molecule has 0 amide bonds. The highest BCUT2D eigenvalue weighted by Gasteiger charge is 2.14. The third kappa shape index (κ3) is 2.67. The summed E-state index contributed by atoms with van der Waals surface area (Å²) < 4.78 is 28.6. The van der Waals surface area contributed by atoms with Gasteiger partial charge in [-0.1, -0.05) is 12.1 Å². The average molecular weight is 301 g/mol. The quantitative estimate of drug-likeness (QED) is 0.643. The predicted octanol–water partition coefficient (Wildman–Crippen LogP) is 5.25. The molecular weight excluding hydrogens is 288 g/mol. The minimum atomic E-state index is -0.569. The molecule has 1 nitrogen and oxygen atoms in total. The smallest absolute Gasteiger partial charge is 0.134 e. The summed E-state index contributed by atoms with van der Waals surface area (Å²) in [5.74, 6) is -1.14. The fourth-order valence-corrected chi connectivity index (χ4v) is 3.09. The number of aryl methyl sites for hydroxylation is 1. The predicted molar refractivity (Wildman–Crippen MR) is 84.3 cm³/mol. The molecule has 0 unspecified atom stereocenters. The zero-order chi connectivity index (χ0) is 15.0. The SMILES string of the molecule is Cc1ccc(-c2cc(F)c(-c3ccc(N)cc3)c(F)c2)s1. The Morgan fingerprint density at radius 3 is 2.00 bits per heavy atom. The number of hydrogen-bond acceptors (Lipinski definition) is 2. The molecule has 2 N–H and O–H groups in total. The molecule has 0 radical (unpaired) electrons. The van der Waals surface area contributed by atoms with Gasteiger partial charge in [0.05, 0.1) is 5.56 Å². The van der Waals surface area contributed by atoms with Gasteiger partial charge in [-0.25, -0.2) is 8.78 Å². The van der Waals surface area contributed by atoms with Gasteiger partial charge in [0.25, 0.3) is 0 Å². The van der Waals surface area contributed by atoms with E-state index in [1.54, 1.807) is 24.3 Å². The highest BCUT2D eigenvalue weighted by molar-refractivity contribution is 7.15. The van der Waals surface area contributed by atoms with E-state index in [0.29, 0.717) is 16.8 Å². The average Bonchev–Trinajstić information content (AvgIpc) is 2.87. The first-order chi connectivity index (χ1) is 10.0. The molecule has 0 aliphatic carbocycles. The van der Waals surface area contributed by atoms with E-state index in [0.717, 1.165) is 9.75 Å². The summed E-state index contributed by atoms with van der Waals surface area (Å²) in [6, 6.07) is 13.0. The number of nitrogen functional groups attached to an aromatic ring is 1. The van der Waals surface area contributed by atoms with Crippen LogP contribution in [0.15, 0.2) is 48.5 Å². The largest absolute Gasteiger partial charge is 0.399 e. The summed E-state index contributed by atoms with van der Waals surface area (Å²) in [6.45, 7) is 1.96. The van der Waals surface area contributed by atoms with Gasteiger partial charge in [-0.15, -0.1) is 11.3 Å². The molecule has 3 aromatic rings. The second-order valence-corrected chi connectivity index (χ2v) is 6.14. The van der Waals surface area contributed by atoms with Crippen molar-refractivity contribution in [2.45, 2.75) is 6.92 Å². The molecule has 0 atom stereocenters. The van der Waals surface area contributed by atoms with Crippen LogP contribution in [0.2, 0.25) is 0 Å². The molecule has 0 aliphatic heterocycles. The van der Waals surface area contributed by atoms with Gasteiger partial charge >= 0.3 is 0 Å². The summed E-state index contributed by atoms with van der Waals surface area (Å²) in [4.78, 5) is 1.96. The zero-order valence-corrected chi connectivity index (χ0v) is 12.2. The van der Waals surface area contributed by atoms with E-state index < -0.39 is 11.6 Å². The van der Waals surface area contributed by atoms with E-state index in [9.17, 15) is 8.78 Å². The van der Waals surface area contributed by atoms with Gasteiger partial charge in [0.1, 0.15) is 11.6 Å². The zero-order valence-electron chi connectivity index (χ0n) is 11.4. The van der Waals surface area contributed by atoms with Crippen LogP contribution < -0.4 is 5.73 Å². The van der Waals surface area contributed by atoms with Crippen molar-refractivity contribution in [2.75, 3.05) is 5.73 Å². The summed E-state index contributed by atoms with van der Waals surface area (Å²) in [7, 11) is 0. The van der Waals surface area contributed by atoms with Crippen molar-refractivity contribution in [3.63, 3.8) is 0 Å². The van der Waals surface area contributed by atoms with Crippen molar-refractivity contribution in [2.24, 2.45) is 0 Å². The second kappa shape index (κ2) is 5.30. The topological polar surface area (TPSA) is 26.0 Å². The van der Waals surface area contributed by atoms with Crippen LogP contribution in [-0.4, -0.2) is 0 Å². The van der Waals surface area contributed by atoms with Gasteiger partial charge in [-0.05, 0) is 54.4 Å². The minimum Gasteiger partial charge on any atom is -0.399 e. The van der Waals surface area contributed by atoms with E-state index in [4.69, 9.17) is 5.73 Å². The van der Waals surface area contributed by atoms with Crippen LogP contribution in [0.5, 0.6) is 0 Å². The maximum atomic E-state index is 14.3. The van der Waals surface area contributed by atoms with Crippen LogP contribution in [0, 0.1) is 18.6 Å². The molecule has 106 valence electrons. The van der Waals surface area contributed by atoms with E-state index in [1.165, 1.54) is 23.5 Å². The molecule has 2 aromatic carbocycles. The fourth-order valence-electron chi connectivity index (χ4n) is 2.23. The second-order valence-electron chi connectivity index (χ2n) is 4.85. The number of benzene rings is 2. The van der Waals surface area contributed by atoms with Crippen LogP contribution in [0.25, 0.3) is 21.6 Å². The molecule has 0 aliphatic rings. The lowest BCUT2D eigenvalue weighted by molar-refractivity contribution is 0.590. The molecular formula is C17H13F2NS. The van der Waals surface area contributed by atoms with E-state index in [-0.39, 0.29) is 5.56 Å². The van der Waals surface area contributed by atoms with Gasteiger partial charge in [0, 0.05) is 15.4 Å².